The third kappa shape index (κ3) is 7.35. The van der Waals surface area contributed by atoms with Gasteiger partial charge in [0.2, 0.25) is 0 Å². The molecule has 1 aliphatic heterocycles. The molecular weight excluding hydrogens is 738 g/mol. The van der Waals surface area contributed by atoms with E-state index < -0.39 is 38.1 Å². The molecule has 0 aromatic heterocycles. The Morgan fingerprint density at radius 3 is 1.64 bits per heavy atom. The number of carbonyl (C=O) groups excluding carboxylic acids is 2. The number of ether oxygens (including phenoxy) is 1. The molecule has 3 atom stereocenters. The number of hydrogen-bond acceptors (Lipinski definition) is 4. The summed E-state index contributed by atoms with van der Waals surface area (Å²) in [6.45, 7) is 12.9. The highest BCUT2D eigenvalue weighted by Gasteiger charge is 2.59. The lowest BCUT2D eigenvalue weighted by atomic mass is 9.75. The highest BCUT2D eigenvalue weighted by atomic mass is 79.9. The highest BCUT2D eigenvalue weighted by Crippen LogP contribution is 2.48. The van der Waals surface area contributed by atoms with Crippen LogP contribution in [0.1, 0.15) is 64.3 Å². The molecule has 53 heavy (non-hydrogen) atoms. The number of carbonyl (C=O) groups is 2. The molecular formula is C46H48BrNO4Si. The third-order valence-electron chi connectivity index (χ3n) is 10.4. The average molecular weight is 787 g/mol. The number of halogens is 1. The number of cyclic esters (lactones) is 1. The molecule has 0 spiro atoms. The SMILES string of the molecule is CC(C)[C@@H]1N(C(=O)/C=C/[C@@H](C)[C@@H](O[Si](c2ccccc2)(c2ccccc2)C(C)(C)C)c2ccc(Br)cc2)C(=O)OC1(c1ccccc1)c1ccccc1. The van der Waals surface area contributed by atoms with Crippen LogP contribution < -0.4 is 10.4 Å². The van der Waals surface area contributed by atoms with Gasteiger partial charge in [0.05, 0.1) is 12.1 Å². The highest BCUT2D eigenvalue weighted by molar-refractivity contribution is 9.10. The summed E-state index contributed by atoms with van der Waals surface area (Å²) in [6.07, 6.45) is 2.35. The van der Waals surface area contributed by atoms with Gasteiger partial charge in [-0.15, -0.1) is 0 Å². The first-order valence-corrected chi connectivity index (χ1v) is 21.0. The van der Waals surface area contributed by atoms with Gasteiger partial charge in [0.15, 0.2) is 5.60 Å². The molecule has 5 aromatic rings. The van der Waals surface area contributed by atoms with Crippen LogP contribution in [0.15, 0.2) is 162 Å². The van der Waals surface area contributed by atoms with E-state index in [0.717, 1.165) is 21.2 Å². The maximum atomic E-state index is 14.4. The van der Waals surface area contributed by atoms with E-state index in [0.29, 0.717) is 0 Å². The fourth-order valence-corrected chi connectivity index (χ4v) is 13.0. The van der Waals surface area contributed by atoms with Crippen molar-refractivity contribution in [3.05, 3.63) is 179 Å². The lowest BCUT2D eigenvalue weighted by Crippen LogP contribution is -2.67. The van der Waals surface area contributed by atoms with E-state index in [4.69, 9.17) is 9.16 Å². The van der Waals surface area contributed by atoms with Crippen LogP contribution in [0.5, 0.6) is 0 Å². The van der Waals surface area contributed by atoms with Crippen molar-refractivity contribution in [1.82, 2.24) is 4.90 Å². The Kier molecular flexibility index (Phi) is 11.4. The van der Waals surface area contributed by atoms with Gasteiger partial charge >= 0.3 is 6.09 Å². The molecule has 0 bridgehead atoms. The molecule has 0 N–H and O–H groups in total. The molecule has 0 radical (unpaired) electrons. The molecule has 0 saturated carbocycles. The third-order valence-corrected chi connectivity index (χ3v) is 15.9. The maximum Gasteiger partial charge on any atom is 0.418 e. The van der Waals surface area contributed by atoms with E-state index in [9.17, 15) is 9.59 Å². The van der Waals surface area contributed by atoms with Crippen molar-refractivity contribution in [3.8, 4) is 0 Å². The second-order valence-corrected chi connectivity index (χ2v) is 20.4. The maximum absolute atomic E-state index is 14.4. The predicted molar refractivity (Wildman–Crippen MR) is 220 cm³/mol. The van der Waals surface area contributed by atoms with Crippen LogP contribution in [0.2, 0.25) is 5.04 Å². The Morgan fingerprint density at radius 1 is 0.755 bits per heavy atom. The molecule has 1 fully saturated rings. The van der Waals surface area contributed by atoms with Crippen LogP contribution >= 0.6 is 15.9 Å². The van der Waals surface area contributed by atoms with Crippen LogP contribution in [0.4, 0.5) is 4.79 Å². The molecule has 5 aromatic carbocycles. The summed E-state index contributed by atoms with van der Waals surface area (Å²) >= 11 is 3.61. The van der Waals surface area contributed by atoms with E-state index in [1.54, 1.807) is 0 Å². The summed E-state index contributed by atoms with van der Waals surface area (Å²) in [5, 5.41) is 2.08. The van der Waals surface area contributed by atoms with Gasteiger partial charge in [0, 0.05) is 27.6 Å². The predicted octanol–water partition coefficient (Wildman–Crippen LogP) is 10.2. The van der Waals surface area contributed by atoms with Crippen molar-refractivity contribution < 1.29 is 18.8 Å². The number of rotatable bonds is 11. The van der Waals surface area contributed by atoms with Crippen molar-refractivity contribution in [2.75, 3.05) is 0 Å². The number of amides is 2. The summed E-state index contributed by atoms with van der Waals surface area (Å²) in [4.78, 5) is 29.7. The van der Waals surface area contributed by atoms with Crippen molar-refractivity contribution in [2.45, 2.75) is 64.3 Å². The molecule has 1 aliphatic rings. The first kappa shape index (κ1) is 38.2. The normalized spacial score (nSPS) is 17.2. The van der Waals surface area contributed by atoms with E-state index in [-0.39, 0.29) is 16.9 Å². The zero-order chi connectivity index (χ0) is 37.8. The van der Waals surface area contributed by atoms with E-state index in [1.165, 1.54) is 21.3 Å². The minimum Gasteiger partial charge on any atom is -0.430 e. The minimum atomic E-state index is -3.00. The first-order chi connectivity index (χ1) is 25.4. The zero-order valence-electron chi connectivity index (χ0n) is 31.3. The number of hydrogen-bond donors (Lipinski definition) is 0. The molecule has 2 amide bonds. The molecule has 1 saturated heterocycles. The topological polar surface area (TPSA) is 55.8 Å². The Balaban J connectivity index is 1.42. The summed E-state index contributed by atoms with van der Waals surface area (Å²) in [5.41, 5.74) is 1.47. The Morgan fingerprint density at radius 2 is 1.21 bits per heavy atom. The lowest BCUT2D eigenvalue weighted by molar-refractivity contribution is -0.125. The summed E-state index contributed by atoms with van der Waals surface area (Å²) < 4.78 is 15.0. The van der Waals surface area contributed by atoms with Crippen molar-refractivity contribution in [1.29, 1.82) is 0 Å². The van der Waals surface area contributed by atoms with E-state index in [1.807, 2.05) is 105 Å². The molecule has 0 aliphatic carbocycles. The van der Waals surface area contributed by atoms with Gasteiger partial charge in [-0.25, -0.2) is 9.69 Å². The van der Waals surface area contributed by atoms with Gasteiger partial charge in [0.1, 0.15) is 0 Å². The summed E-state index contributed by atoms with van der Waals surface area (Å²) in [6, 6.07) is 48.2. The summed E-state index contributed by atoms with van der Waals surface area (Å²) in [5.74, 6) is -0.800. The number of imide groups is 1. The van der Waals surface area contributed by atoms with E-state index in [2.05, 4.69) is 104 Å². The van der Waals surface area contributed by atoms with Crippen molar-refractivity contribution in [3.63, 3.8) is 0 Å². The van der Waals surface area contributed by atoms with E-state index >= 15 is 0 Å². The Hall–Kier alpha value is -4.56. The van der Waals surface area contributed by atoms with Gasteiger partial charge in [0.25, 0.3) is 14.2 Å². The van der Waals surface area contributed by atoms with Crippen molar-refractivity contribution in [2.24, 2.45) is 11.8 Å². The summed E-state index contributed by atoms with van der Waals surface area (Å²) in [7, 11) is -3.00. The fraction of sp³-hybridized carbons (Fsp3) is 0.261. The molecule has 6 rings (SSSR count). The second-order valence-electron chi connectivity index (χ2n) is 15.2. The smallest absolute Gasteiger partial charge is 0.418 e. The second kappa shape index (κ2) is 15.8. The molecule has 272 valence electrons. The van der Waals surface area contributed by atoms with Crippen LogP contribution in [-0.2, 0) is 19.6 Å². The molecule has 0 unspecified atom stereocenters. The molecule has 5 nitrogen and oxygen atoms in total. The van der Waals surface area contributed by atoms with Crippen LogP contribution in [0, 0.1) is 11.8 Å². The van der Waals surface area contributed by atoms with Crippen LogP contribution in [0.25, 0.3) is 0 Å². The van der Waals surface area contributed by atoms with Crippen LogP contribution in [0.3, 0.4) is 0 Å². The monoisotopic (exact) mass is 785 g/mol. The first-order valence-electron chi connectivity index (χ1n) is 18.3. The minimum absolute atomic E-state index is 0.120. The van der Waals surface area contributed by atoms with Crippen molar-refractivity contribution >= 4 is 46.6 Å². The largest absolute Gasteiger partial charge is 0.430 e. The standard InChI is InChI=1S/C46H48BrNO4Si/c1-33(2)43-46(36-19-11-7-12-20-36,37-21-13-8-14-22-37)51-44(50)48(43)41(49)32-27-34(3)42(35-28-30-38(47)31-29-35)52-53(45(4,5)6,39-23-15-9-16-24-39)40-25-17-10-18-26-40/h7-34,42-43H,1-6H3/b32-27+/t34-,42-,43+/m1/s1. The molecule has 7 heteroatoms. The Labute approximate surface area is 323 Å². The Bertz CT molecular complexity index is 1930. The lowest BCUT2D eigenvalue weighted by Gasteiger charge is -2.46. The fourth-order valence-electron chi connectivity index (χ4n) is 7.96. The van der Waals surface area contributed by atoms with Gasteiger partial charge in [-0.1, -0.05) is 197 Å². The van der Waals surface area contributed by atoms with Gasteiger partial charge in [-0.3, -0.25) is 4.79 Å². The van der Waals surface area contributed by atoms with Crippen LogP contribution in [-0.4, -0.2) is 31.3 Å². The zero-order valence-corrected chi connectivity index (χ0v) is 33.9. The molecule has 1 heterocycles. The number of benzene rings is 5. The quantitative estimate of drug-likeness (QED) is 0.0989. The van der Waals surface area contributed by atoms with Gasteiger partial charge in [-0.05, 0) is 39.0 Å². The number of nitrogens with zero attached hydrogens (tertiary/aromatic N) is 1. The van der Waals surface area contributed by atoms with Gasteiger partial charge in [-0.2, -0.15) is 0 Å². The van der Waals surface area contributed by atoms with Gasteiger partial charge < -0.3 is 9.16 Å². The average Bonchev–Trinajstić information content (AvgIpc) is 3.50.